The zero-order valence-electron chi connectivity index (χ0n) is 63.1. The van der Waals surface area contributed by atoms with Crippen molar-refractivity contribution in [1.29, 1.82) is 0 Å². The molecule has 0 aliphatic carbocycles. The van der Waals surface area contributed by atoms with Gasteiger partial charge < -0.3 is 9.13 Å². The lowest BCUT2D eigenvalue weighted by Gasteiger charge is -2.20. The van der Waals surface area contributed by atoms with E-state index in [0.29, 0.717) is 0 Å². The van der Waals surface area contributed by atoms with Gasteiger partial charge in [0.05, 0.1) is 22.1 Å². The van der Waals surface area contributed by atoms with Crippen LogP contribution in [0.15, 0.2) is 425 Å². The SMILES string of the molecule is c1ccc(-c2ccc(-c3c4ccccc4c(-c4ccc(-n5c6ccccc6c6cc(-c7cccc8c7sc7ccccc78)ccc65)cc4)c4ccccc34)cc2)cc1.c1ccc(-c2ccccc2-c2c3ccccc3c(-c3ccc(-n4c5ccccc5c5cc(-c6cccc7c6sc6ccccc67)ccc54)cc3)c3ccccc23)cc1. The molecule has 0 radical (unpaired) electrons. The summed E-state index contributed by atoms with van der Waals surface area (Å²) in [4.78, 5) is 0. The Hall–Kier alpha value is -14.5. The number of aromatic nitrogens is 2. The summed E-state index contributed by atoms with van der Waals surface area (Å²) in [6.45, 7) is 0. The molecule has 4 aromatic heterocycles. The van der Waals surface area contributed by atoms with Gasteiger partial charge in [-0.15, -0.1) is 22.7 Å². The second-order valence-electron chi connectivity index (χ2n) is 30.4. The van der Waals surface area contributed by atoms with Crippen LogP contribution < -0.4 is 0 Å². The molecule has 0 bridgehead atoms. The minimum Gasteiger partial charge on any atom is -0.309 e. The Balaban J connectivity index is 0.000000137. The van der Waals surface area contributed by atoms with Crippen LogP contribution in [0, 0.1) is 0 Å². The van der Waals surface area contributed by atoms with E-state index in [1.807, 2.05) is 22.7 Å². The van der Waals surface area contributed by atoms with Gasteiger partial charge in [-0.1, -0.05) is 352 Å². The molecule has 0 aliphatic heterocycles. The van der Waals surface area contributed by atoms with Gasteiger partial charge in [0.25, 0.3) is 0 Å². The molecule has 0 unspecified atom stereocenters. The van der Waals surface area contributed by atoms with Crippen LogP contribution in [0.1, 0.15) is 0 Å². The Morgan fingerprint density at radius 3 is 0.836 bits per heavy atom. The number of nitrogens with zero attached hydrogens (tertiary/aromatic N) is 2. The highest BCUT2D eigenvalue weighted by Gasteiger charge is 2.24. The second kappa shape index (κ2) is 27.7. The molecule has 0 saturated carbocycles. The maximum Gasteiger partial charge on any atom is 0.0541 e. The predicted molar refractivity (Wildman–Crippen MR) is 501 cm³/mol. The van der Waals surface area contributed by atoms with Gasteiger partial charge in [0.15, 0.2) is 0 Å². The van der Waals surface area contributed by atoms with E-state index in [0.717, 1.165) is 11.4 Å². The summed E-state index contributed by atoms with van der Waals surface area (Å²) in [6, 6.07) is 156. The monoisotopic (exact) mass is 1510 g/mol. The van der Waals surface area contributed by atoms with Crippen LogP contribution in [0.25, 0.3) is 227 Å². The molecule has 0 fully saturated rings. The van der Waals surface area contributed by atoms with E-state index in [-0.39, 0.29) is 0 Å². The number of benzene rings is 20. The largest absolute Gasteiger partial charge is 0.309 e. The fourth-order valence-electron chi connectivity index (χ4n) is 18.9. The third kappa shape index (κ3) is 11.0. The quantitative estimate of drug-likeness (QED) is 0.121. The van der Waals surface area contributed by atoms with E-state index < -0.39 is 0 Å². The van der Waals surface area contributed by atoms with Gasteiger partial charge in [0, 0.05) is 73.3 Å². The number of rotatable bonds is 10. The molecule has 0 aliphatic rings. The highest BCUT2D eigenvalue weighted by atomic mass is 32.1. The first-order valence-electron chi connectivity index (χ1n) is 39.9. The first-order chi connectivity index (χ1) is 57.6. The average Bonchev–Trinajstić information content (AvgIpc) is 1.50. The molecule has 2 nitrogen and oxygen atoms in total. The summed E-state index contributed by atoms with van der Waals surface area (Å²) in [5.74, 6) is 0. The summed E-state index contributed by atoms with van der Waals surface area (Å²) in [6.07, 6.45) is 0. The molecule has 0 spiro atoms. The van der Waals surface area contributed by atoms with Crippen molar-refractivity contribution in [3.8, 4) is 100 Å². The summed E-state index contributed by atoms with van der Waals surface area (Å²) in [7, 11) is 0. The van der Waals surface area contributed by atoms with Crippen molar-refractivity contribution >= 4 is 150 Å². The molecule has 0 N–H and O–H groups in total. The average molecular weight is 1510 g/mol. The van der Waals surface area contributed by atoms with Gasteiger partial charge in [-0.3, -0.25) is 0 Å². The molecule has 540 valence electrons. The number of hydrogen-bond acceptors (Lipinski definition) is 2. The lowest BCUT2D eigenvalue weighted by molar-refractivity contribution is 1.18. The van der Waals surface area contributed by atoms with E-state index in [2.05, 4.69) is 434 Å². The number of fused-ring (bicyclic) bond motifs is 16. The van der Waals surface area contributed by atoms with Crippen molar-refractivity contribution in [2.45, 2.75) is 0 Å². The van der Waals surface area contributed by atoms with Gasteiger partial charge in [0.1, 0.15) is 0 Å². The van der Waals surface area contributed by atoms with Gasteiger partial charge in [0.2, 0.25) is 0 Å². The number of hydrogen-bond donors (Lipinski definition) is 0. The Morgan fingerprint density at radius 2 is 0.422 bits per heavy atom. The molecule has 4 heteroatoms. The van der Waals surface area contributed by atoms with Crippen LogP contribution in [0.5, 0.6) is 0 Å². The maximum absolute atomic E-state index is 2.43. The standard InChI is InChI=1S/2C56H35NS/c1-2-13-36(14-3-1)37-25-27-38(28-26-37)54-45-17-4-6-19-47(45)55(48-20-7-5-18-46(48)54)39-29-32-41(33-30-39)57-51-23-10-8-15-43(51)50-35-40(31-34-52(50)57)42-21-12-22-49-44-16-9-11-24-53(44)58-56(42)49;1-2-15-36(16-3-1)40-17-4-5-20-44(40)55-47-23-8-6-21-45(47)54(46-22-7-9-24-48(46)55)37-29-32-39(33-30-37)57-51-27-12-10-18-42(51)50-35-38(31-34-52(50)57)41-25-14-26-49-43-19-11-13-28-53(43)58-56(41)49/h2*1-35H. The zero-order valence-corrected chi connectivity index (χ0v) is 64.8. The van der Waals surface area contributed by atoms with Crippen LogP contribution in [0.3, 0.4) is 0 Å². The van der Waals surface area contributed by atoms with Crippen LogP contribution in [-0.2, 0) is 0 Å². The Morgan fingerprint density at radius 1 is 0.147 bits per heavy atom. The highest BCUT2D eigenvalue weighted by Crippen LogP contribution is 2.50. The van der Waals surface area contributed by atoms with Crippen LogP contribution >= 0.6 is 22.7 Å². The molecular weight excluding hydrogens is 1440 g/mol. The normalized spacial score (nSPS) is 11.8. The van der Waals surface area contributed by atoms with Crippen molar-refractivity contribution < 1.29 is 0 Å². The van der Waals surface area contributed by atoms with Crippen molar-refractivity contribution in [3.63, 3.8) is 0 Å². The maximum atomic E-state index is 2.43. The van der Waals surface area contributed by atoms with Gasteiger partial charge in [-0.2, -0.15) is 0 Å². The summed E-state index contributed by atoms with van der Waals surface area (Å²) >= 11 is 3.78. The molecule has 0 atom stereocenters. The Bertz CT molecular complexity index is 7920. The zero-order chi connectivity index (χ0) is 76.3. The van der Waals surface area contributed by atoms with Gasteiger partial charge >= 0.3 is 0 Å². The first-order valence-corrected chi connectivity index (χ1v) is 41.5. The van der Waals surface area contributed by atoms with Gasteiger partial charge in [-0.05, 0) is 205 Å². The molecule has 0 amide bonds. The molecule has 24 aromatic rings. The minimum absolute atomic E-state index is 1.15. The Kier molecular flexibility index (Phi) is 16.0. The van der Waals surface area contributed by atoms with E-state index >= 15 is 0 Å². The lowest BCUT2D eigenvalue weighted by atomic mass is 9.84. The molecule has 20 aromatic carbocycles. The summed E-state index contributed by atoms with van der Waals surface area (Å²) in [5, 5.41) is 20.4. The minimum atomic E-state index is 1.15. The topological polar surface area (TPSA) is 9.86 Å². The fraction of sp³-hybridized carbons (Fsp3) is 0. The van der Waals surface area contributed by atoms with Crippen molar-refractivity contribution in [3.05, 3.63) is 425 Å². The molecule has 0 saturated heterocycles. The van der Waals surface area contributed by atoms with E-state index in [4.69, 9.17) is 0 Å². The summed E-state index contributed by atoms with van der Waals surface area (Å²) < 4.78 is 10.2. The third-order valence-corrected chi connectivity index (χ3v) is 26.5. The smallest absolute Gasteiger partial charge is 0.0541 e. The van der Waals surface area contributed by atoms with E-state index in [9.17, 15) is 0 Å². The molecule has 116 heavy (non-hydrogen) atoms. The summed E-state index contributed by atoms with van der Waals surface area (Å²) in [5.41, 5.74) is 27.1. The second-order valence-corrected chi connectivity index (χ2v) is 32.5. The lowest BCUT2D eigenvalue weighted by Crippen LogP contribution is -1.95. The first kappa shape index (κ1) is 67.2. The number of thiophene rings is 2. The highest BCUT2D eigenvalue weighted by molar-refractivity contribution is 7.26. The predicted octanol–water partition coefficient (Wildman–Crippen LogP) is 32.3. The van der Waals surface area contributed by atoms with Crippen molar-refractivity contribution in [2.24, 2.45) is 0 Å². The number of para-hydroxylation sites is 2. The third-order valence-electron chi connectivity index (χ3n) is 24.0. The van der Waals surface area contributed by atoms with Gasteiger partial charge in [-0.25, -0.2) is 0 Å². The molecule has 4 heterocycles. The van der Waals surface area contributed by atoms with Crippen LogP contribution in [0.4, 0.5) is 0 Å². The van der Waals surface area contributed by atoms with E-state index in [1.54, 1.807) is 0 Å². The van der Waals surface area contributed by atoms with Crippen LogP contribution in [-0.4, -0.2) is 9.13 Å². The fourth-order valence-corrected chi connectivity index (χ4v) is 21.3. The van der Waals surface area contributed by atoms with Crippen molar-refractivity contribution in [1.82, 2.24) is 9.13 Å². The van der Waals surface area contributed by atoms with E-state index in [1.165, 1.54) is 216 Å². The molecular formula is C112H70N2S2. The van der Waals surface area contributed by atoms with Crippen LogP contribution in [0.2, 0.25) is 0 Å². The van der Waals surface area contributed by atoms with Crippen molar-refractivity contribution in [2.75, 3.05) is 0 Å². The molecule has 24 rings (SSSR count). The Labute approximate surface area is 678 Å².